The van der Waals surface area contributed by atoms with E-state index in [0.717, 1.165) is 37.5 Å². The number of hydrogen-bond donors (Lipinski definition) is 1. The molecule has 1 aliphatic heterocycles. The highest BCUT2D eigenvalue weighted by molar-refractivity contribution is 5.28. The third kappa shape index (κ3) is 2.28. The second kappa shape index (κ2) is 5.13. The molecule has 19 heavy (non-hydrogen) atoms. The lowest BCUT2D eigenvalue weighted by atomic mass is 9.99. The summed E-state index contributed by atoms with van der Waals surface area (Å²) in [5.74, 6) is 2.13. The van der Waals surface area contributed by atoms with Crippen LogP contribution in [0.25, 0.3) is 0 Å². The van der Waals surface area contributed by atoms with Crippen molar-refractivity contribution in [3.8, 4) is 0 Å². The molecule has 3 rings (SSSR count). The van der Waals surface area contributed by atoms with E-state index in [2.05, 4.69) is 46.0 Å². The average Bonchev–Trinajstić information content (AvgIpc) is 2.84. The summed E-state index contributed by atoms with van der Waals surface area (Å²) in [7, 11) is 0. The highest BCUT2D eigenvalue weighted by Gasteiger charge is 2.24. The quantitative estimate of drug-likeness (QED) is 0.915. The molecule has 4 nitrogen and oxygen atoms in total. The molecule has 0 saturated carbocycles. The number of aliphatic hydroxyl groups excluding tert-OH is 1. The highest BCUT2D eigenvalue weighted by atomic mass is 16.3. The van der Waals surface area contributed by atoms with Gasteiger partial charge in [-0.1, -0.05) is 24.3 Å². The van der Waals surface area contributed by atoms with Gasteiger partial charge in [-0.05, 0) is 30.9 Å². The summed E-state index contributed by atoms with van der Waals surface area (Å²) in [5.41, 5.74) is 2.58. The molecule has 0 radical (unpaired) electrons. The van der Waals surface area contributed by atoms with E-state index >= 15 is 0 Å². The van der Waals surface area contributed by atoms with Crippen LogP contribution in [-0.4, -0.2) is 26.5 Å². The average molecular weight is 257 g/mol. The smallest absolute Gasteiger partial charge is 0.138 e. The highest BCUT2D eigenvalue weighted by Crippen LogP contribution is 2.26. The van der Waals surface area contributed by atoms with E-state index in [-0.39, 0.29) is 12.5 Å². The number of rotatable bonds is 3. The van der Waals surface area contributed by atoms with Gasteiger partial charge in [-0.25, -0.2) is 0 Å². The van der Waals surface area contributed by atoms with Crippen molar-refractivity contribution in [2.45, 2.75) is 38.6 Å². The molecule has 2 aromatic rings. The molecule has 0 saturated heterocycles. The number of benzene rings is 1. The van der Waals surface area contributed by atoms with Crippen molar-refractivity contribution in [3.05, 3.63) is 47.0 Å². The number of nitrogens with zero attached hydrogens (tertiary/aromatic N) is 3. The van der Waals surface area contributed by atoms with Gasteiger partial charge in [0.05, 0.1) is 6.61 Å². The fourth-order valence-electron chi connectivity index (χ4n) is 2.80. The molecule has 0 bridgehead atoms. The Hall–Kier alpha value is -1.68. The standard InChI is InChI=1S/C15H19N3O/c1-11-5-2-3-6-12(11)9-14-16-17-15-13(10-19)7-4-8-18(14)15/h2-3,5-6,13,19H,4,7-10H2,1H3. The molecule has 0 aliphatic carbocycles. The summed E-state index contributed by atoms with van der Waals surface area (Å²) < 4.78 is 2.19. The van der Waals surface area contributed by atoms with E-state index < -0.39 is 0 Å². The zero-order chi connectivity index (χ0) is 13.2. The third-order valence-corrected chi connectivity index (χ3v) is 3.99. The third-order valence-electron chi connectivity index (χ3n) is 3.99. The van der Waals surface area contributed by atoms with Crippen molar-refractivity contribution in [1.29, 1.82) is 0 Å². The van der Waals surface area contributed by atoms with Crippen LogP contribution >= 0.6 is 0 Å². The Balaban J connectivity index is 1.91. The second-order valence-corrected chi connectivity index (χ2v) is 5.25. The van der Waals surface area contributed by atoms with Gasteiger partial charge < -0.3 is 9.67 Å². The predicted octanol–water partition coefficient (Wildman–Crippen LogP) is 2.05. The fraction of sp³-hybridized carbons (Fsp3) is 0.467. The SMILES string of the molecule is Cc1ccccc1Cc1nnc2n1CCCC2CO. The first-order chi connectivity index (χ1) is 9.29. The Kier molecular flexibility index (Phi) is 3.34. The Morgan fingerprint density at radius 3 is 2.95 bits per heavy atom. The number of aromatic nitrogens is 3. The van der Waals surface area contributed by atoms with Crippen LogP contribution in [0.3, 0.4) is 0 Å². The maximum atomic E-state index is 9.40. The number of fused-ring (bicyclic) bond motifs is 1. The van der Waals surface area contributed by atoms with Gasteiger partial charge in [-0.3, -0.25) is 0 Å². The Morgan fingerprint density at radius 2 is 2.16 bits per heavy atom. The van der Waals surface area contributed by atoms with Crippen LogP contribution in [-0.2, 0) is 13.0 Å². The van der Waals surface area contributed by atoms with Crippen LogP contribution in [0, 0.1) is 6.92 Å². The molecule has 1 N–H and O–H groups in total. The molecule has 2 heterocycles. The number of aliphatic hydroxyl groups is 1. The minimum atomic E-state index is 0.159. The maximum Gasteiger partial charge on any atom is 0.138 e. The molecule has 100 valence electrons. The lowest BCUT2D eigenvalue weighted by Crippen LogP contribution is -2.20. The van der Waals surface area contributed by atoms with E-state index in [1.807, 2.05) is 0 Å². The molecule has 0 amide bonds. The first-order valence-electron chi connectivity index (χ1n) is 6.87. The van der Waals surface area contributed by atoms with Gasteiger partial charge in [0.15, 0.2) is 0 Å². The van der Waals surface area contributed by atoms with Crippen molar-refractivity contribution < 1.29 is 5.11 Å². The van der Waals surface area contributed by atoms with Crippen molar-refractivity contribution in [2.75, 3.05) is 6.61 Å². The lowest BCUT2D eigenvalue weighted by Gasteiger charge is -2.22. The molecule has 0 fully saturated rings. The van der Waals surface area contributed by atoms with Gasteiger partial charge in [-0.15, -0.1) is 10.2 Å². The molecule has 1 aromatic carbocycles. The Labute approximate surface area is 113 Å². The molecule has 1 aromatic heterocycles. The van der Waals surface area contributed by atoms with Crippen LogP contribution in [0.4, 0.5) is 0 Å². The molecule has 1 atom stereocenters. The van der Waals surface area contributed by atoms with Crippen molar-refractivity contribution in [1.82, 2.24) is 14.8 Å². The predicted molar refractivity (Wildman–Crippen MR) is 73.1 cm³/mol. The van der Waals surface area contributed by atoms with Crippen LogP contribution in [0.2, 0.25) is 0 Å². The fourth-order valence-corrected chi connectivity index (χ4v) is 2.80. The first-order valence-corrected chi connectivity index (χ1v) is 6.87. The van der Waals surface area contributed by atoms with Gasteiger partial charge in [0.1, 0.15) is 11.6 Å². The van der Waals surface area contributed by atoms with Gasteiger partial charge in [0, 0.05) is 18.9 Å². The van der Waals surface area contributed by atoms with Crippen molar-refractivity contribution >= 4 is 0 Å². The Bertz CT molecular complexity index is 577. The lowest BCUT2D eigenvalue weighted by molar-refractivity contribution is 0.237. The van der Waals surface area contributed by atoms with Crippen LogP contribution < -0.4 is 0 Å². The van der Waals surface area contributed by atoms with E-state index in [9.17, 15) is 5.11 Å². The summed E-state index contributed by atoms with van der Waals surface area (Å²) in [6.07, 6.45) is 2.92. The van der Waals surface area contributed by atoms with E-state index in [1.165, 1.54) is 11.1 Å². The van der Waals surface area contributed by atoms with Gasteiger partial charge in [-0.2, -0.15) is 0 Å². The normalized spacial score (nSPS) is 18.3. The van der Waals surface area contributed by atoms with Gasteiger partial charge in [0.25, 0.3) is 0 Å². The Morgan fingerprint density at radius 1 is 1.32 bits per heavy atom. The van der Waals surface area contributed by atoms with E-state index in [4.69, 9.17) is 0 Å². The van der Waals surface area contributed by atoms with E-state index in [0.29, 0.717) is 0 Å². The summed E-state index contributed by atoms with van der Waals surface area (Å²) >= 11 is 0. The van der Waals surface area contributed by atoms with Crippen LogP contribution in [0.15, 0.2) is 24.3 Å². The number of hydrogen-bond acceptors (Lipinski definition) is 3. The number of aryl methyl sites for hydroxylation is 1. The van der Waals surface area contributed by atoms with Crippen molar-refractivity contribution in [2.24, 2.45) is 0 Å². The summed E-state index contributed by atoms with van der Waals surface area (Å²) in [5, 5.41) is 18.0. The van der Waals surface area contributed by atoms with Crippen molar-refractivity contribution in [3.63, 3.8) is 0 Å². The maximum absolute atomic E-state index is 9.40. The summed E-state index contributed by atoms with van der Waals surface area (Å²) in [4.78, 5) is 0. The van der Waals surface area contributed by atoms with Gasteiger partial charge >= 0.3 is 0 Å². The van der Waals surface area contributed by atoms with Crippen LogP contribution in [0.1, 0.15) is 41.5 Å². The second-order valence-electron chi connectivity index (χ2n) is 5.25. The monoisotopic (exact) mass is 257 g/mol. The molecular formula is C15H19N3O. The largest absolute Gasteiger partial charge is 0.396 e. The molecule has 4 heteroatoms. The summed E-state index contributed by atoms with van der Waals surface area (Å²) in [6, 6.07) is 8.38. The molecule has 1 aliphatic rings. The minimum Gasteiger partial charge on any atom is -0.396 e. The topological polar surface area (TPSA) is 50.9 Å². The molecular weight excluding hydrogens is 238 g/mol. The molecule has 0 spiro atoms. The molecule has 1 unspecified atom stereocenters. The summed E-state index contributed by atoms with van der Waals surface area (Å²) in [6.45, 7) is 3.27. The minimum absolute atomic E-state index is 0.159. The zero-order valence-electron chi connectivity index (χ0n) is 11.2. The van der Waals surface area contributed by atoms with Gasteiger partial charge in [0.2, 0.25) is 0 Å². The van der Waals surface area contributed by atoms with E-state index in [1.54, 1.807) is 0 Å². The first kappa shape index (κ1) is 12.4. The zero-order valence-corrected chi connectivity index (χ0v) is 11.2. The van der Waals surface area contributed by atoms with Crippen LogP contribution in [0.5, 0.6) is 0 Å².